The fraction of sp³-hybridized carbons (Fsp3) is 0.650. The van der Waals surface area contributed by atoms with Crippen LogP contribution in [0, 0.1) is 5.92 Å². The van der Waals surface area contributed by atoms with Gasteiger partial charge in [0.2, 0.25) is 10.0 Å². The summed E-state index contributed by atoms with van der Waals surface area (Å²) in [6.45, 7) is 1.60. The highest BCUT2D eigenvalue weighted by Crippen LogP contribution is 2.26. The van der Waals surface area contributed by atoms with Crippen molar-refractivity contribution in [1.82, 2.24) is 15.4 Å². The third kappa shape index (κ3) is 8.30. The van der Waals surface area contributed by atoms with Crippen molar-refractivity contribution in [2.75, 3.05) is 20.6 Å². The van der Waals surface area contributed by atoms with Crippen LogP contribution in [0.4, 0.5) is 0 Å². The molecule has 0 amide bonds. The molecule has 0 aliphatic heterocycles. The lowest BCUT2D eigenvalue weighted by molar-refractivity contribution is 0.332. The van der Waals surface area contributed by atoms with E-state index in [1.807, 2.05) is 24.3 Å². The maximum Gasteiger partial charge on any atom is 0.215 e. The van der Waals surface area contributed by atoms with Crippen LogP contribution in [0.2, 0.25) is 0 Å². The second-order valence-corrected chi connectivity index (χ2v) is 9.20. The zero-order valence-corrected chi connectivity index (χ0v) is 17.4. The molecule has 1 aliphatic rings. The first-order chi connectivity index (χ1) is 13.0. The Morgan fingerprint density at radius 1 is 1.07 bits per heavy atom. The van der Waals surface area contributed by atoms with Crippen LogP contribution in [0.25, 0.3) is 0 Å². The molecular formula is C20H34N4O2S. The van der Waals surface area contributed by atoms with Gasteiger partial charge >= 0.3 is 0 Å². The molecule has 6 nitrogen and oxygen atoms in total. The predicted octanol–water partition coefficient (Wildman–Crippen LogP) is 2.76. The molecule has 0 heterocycles. The van der Waals surface area contributed by atoms with Crippen LogP contribution in [0.1, 0.15) is 56.1 Å². The second kappa shape index (κ2) is 11.3. The monoisotopic (exact) mass is 394 g/mol. The minimum atomic E-state index is -3.23. The van der Waals surface area contributed by atoms with Gasteiger partial charge in [-0.1, -0.05) is 56.4 Å². The lowest BCUT2D eigenvalue weighted by Gasteiger charge is -2.21. The van der Waals surface area contributed by atoms with Crippen molar-refractivity contribution in [3.05, 3.63) is 35.4 Å². The Kier molecular flexibility index (Phi) is 9.07. The van der Waals surface area contributed by atoms with Crippen LogP contribution in [-0.2, 0) is 22.3 Å². The molecule has 0 saturated heterocycles. The second-order valence-electron chi connectivity index (χ2n) is 7.28. The molecule has 1 aromatic carbocycles. The Labute approximate surface area is 164 Å². The number of nitrogens with zero attached hydrogens (tertiary/aromatic N) is 1. The molecule has 152 valence electrons. The number of sulfonamides is 1. The summed E-state index contributed by atoms with van der Waals surface area (Å²) < 4.78 is 25.5. The minimum Gasteiger partial charge on any atom is -0.356 e. The van der Waals surface area contributed by atoms with Gasteiger partial charge in [0.15, 0.2) is 5.96 Å². The fourth-order valence-electron chi connectivity index (χ4n) is 3.52. The van der Waals surface area contributed by atoms with E-state index in [2.05, 4.69) is 20.3 Å². The molecule has 7 heteroatoms. The molecule has 0 atom stereocenters. The van der Waals surface area contributed by atoms with E-state index in [1.54, 1.807) is 7.05 Å². The summed E-state index contributed by atoms with van der Waals surface area (Å²) in [6, 6.07) is 7.60. The summed E-state index contributed by atoms with van der Waals surface area (Å²) in [4.78, 5) is 4.27. The molecule has 1 saturated carbocycles. The highest BCUT2D eigenvalue weighted by molar-refractivity contribution is 7.88. The SMILES string of the molecule is CN=C(NCCCC1CCCCC1)NCc1ccc(CS(=O)(=O)NC)cc1. The lowest BCUT2D eigenvalue weighted by Crippen LogP contribution is -2.37. The predicted molar refractivity (Wildman–Crippen MR) is 112 cm³/mol. The quantitative estimate of drug-likeness (QED) is 0.342. The Bertz CT molecular complexity index is 680. The van der Waals surface area contributed by atoms with Gasteiger partial charge in [-0.3, -0.25) is 4.99 Å². The standard InChI is InChI=1S/C20H34N4O2S/c1-21-20(23-14-6-9-17-7-4-3-5-8-17)24-15-18-10-12-19(13-11-18)16-27(25,26)22-2/h10-13,17,22H,3-9,14-16H2,1-2H3,(H2,21,23,24). The first kappa shape index (κ1) is 21.7. The number of aliphatic imine (C=N–C) groups is 1. The average Bonchev–Trinajstić information content (AvgIpc) is 2.69. The van der Waals surface area contributed by atoms with Crippen LogP contribution in [0.15, 0.2) is 29.3 Å². The van der Waals surface area contributed by atoms with E-state index < -0.39 is 10.0 Å². The van der Waals surface area contributed by atoms with Gasteiger partial charge in [-0.15, -0.1) is 0 Å². The van der Waals surface area contributed by atoms with Crippen molar-refractivity contribution in [3.63, 3.8) is 0 Å². The summed E-state index contributed by atoms with van der Waals surface area (Å²) in [5.74, 6) is 1.72. The average molecular weight is 395 g/mol. The van der Waals surface area contributed by atoms with Gasteiger partial charge in [0.25, 0.3) is 0 Å². The maximum atomic E-state index is 11.6. The molecule has 1 fully saturated rings. The van der Waals surface area contributed by atoms with Gasteiger partial charge in [-0.05, 0) is 36.9 Å². The van der Waals surface area contributed by atoms with Crippen LogP contribution in [-0.4, -0.2) is 35.0 Å². The largest absolute Gasteiger partial charge is 0.356 e. The maximum absolute atomic E-state index is 11.6. The van der Waals surface area contributed by atoms with Crippen molar-refractivity contribution in [2.24, 2.45) is 10.9 Å². The van der Waals surface area contributed by atoms with E-state index in [4.69, 9.17) is 0 Å². The molecule has 0 radical (unpaired) electrons. The molecule has 0 unspecified atom stereocenters. The lowest BCUT2D eigenvalue weighted by atomic mass is 9.86. The van der Waals surface area contributed by atoms with Gasteiger partial charge in [0.05, 0.1) is 5.75 Å². The van der Waals surface area contributed by atoms with Crippen molar-refractivity contribution >= 4 is 16.0 Å². The zero-order chi connectivity index (χ0) is 19.5. The first-order valence-electron chi connectivity index (χ1n) is 9.96. The normalized spacial score (nSPS) is 16.3. The molecule has 0 spiro atoms. The topological polar surface area (TPSA) is 82.6 Å². The number of nitrogens with one attached hydrogen (secondary N) is 3. The van der Waals surface area contributed by atoms with E-state index in [9.17, 15) is 8.42 Å². The Morgan fingerprint density at radius 2 is 1.74 bits per heavy atom. The van der Waals surface area contributed by atoms with Crippen molar-refractivity contribution in [1.29, 1.82) is 0 Å². The Morgan fingerprint density at radius 3 is 2.37 bits per heavy atom. The minimum absolute atomic E-state index is 0.00142. The zero-order valence-electron chi connectivity index (χ0n) is 16.6. The number of guanidine groups is 1. The van der Waals surface area contributed by atoms with E-state index in [0.29, 0.717) is 6.54 Å². The number of hydrogen-bond acceptors (Lipinski definition) is 3. The molecule has 27 heavy (non-hydrogen) atoms. The van der Waals surface area contributed by atoms with Crippen LogP contribution < -0.4 is 15.4 Å². The summed E-state index contributed by atoms with van der Waals surface area (Å²) in [6.07, 6.45) is 9.51. The summed E-state index contributed by atoms with van der Waals surface area (Å²) in [5.41, 5.74) is 1.86. The van der Waals surface area contributed by atoms with Crippen molar-refractivity contribution in [2.45, 2.75) is 57.2 Å². The van der Waals surface area contributed by atoms with E-state index >= 15 is 0 Å². The van der Waals surface area contributed by atoms with Gasteiger partial charge in [0, 0.05) is 20.1 Å². The molecule has 3 N–H and O–H groups in total. The van der Waals surface area contributed by atoms with Gasteiger partial charge in [-0.25, -0.2) is 13.1 Å². The highest BCUT2D eigenvalue weighted by Gasteiger charge is 2.12. The third-order valence-corrected chi connectivity index (χ3v) is 6.52. The number of hydrogen-bond donors (Lipinski definition) is 3. The number of benzene rings is 1. The van der Waals surface area contributed by atoms with Crippen molar-refractivity contribution < 1.29 is 8.42 Å². The molecule has 2 rings (SSSR count). The van der Waals surface area contributed by atoms with Crippen LogP contribution in [0.5, 0.6) is 0 Å². The van der Waals surface area contributed by atoms with E-state index in [0.717, 1.165) is 29.5 Å². The smallest absolute Gasteiger partial charge is 0.215 e. The Hall–Kier alpha value is -1.60. The van der Waals surface area contributed by atoms with Gasteiger partial charge in [0.1, 0.15) is 0 Å². The molecule has 0 bridgehead atoms. The molecular weight excluding hydrogens is 360 g/mol. The van der Waals surface area contributed by atoms with E-state index in [-0.39, 0.29) is 5.75 Å². The summed E-state index contributed by atoms with van der Waals surface area (Å²) >= 11 is 0. The first-order valence-corrected chi connectivity index (χ1v) is 11.6. The Balaban J connectivity index is 1.68. The summed E-state index contributed by atoms with van der Waals surface area (Å²) in [7, 11) is -0.0191. The van der Waals surface area contributed by atoms with E-state index in [1.165, 1.54) is 52.0 Å². The van der Waals surface area contributed by atoms with Crippen LogP contribution in [0.3, 0.4) is 0 Å². The van der Waals surface area contributed by atoms with Gasteiger partial charge in [-0.2, -0.15) is 0 Å². The molecule has 0 aromatic heterocycles. The summed E-state index contributed by atoms with van der Waals surface area (Å²) in [5, 5.41) is 6.69. The third-order valence-electron chi connectivity index (χ3n) is 5.18. The highest BCUT2D eigenvalue weighted by atomic mass is 32.2. The molecule has 1 aliphatic carbocycles. The number of rotatable bonds is 9. The van der Waals surface area contributed by atoms with Crippen molar-refractivity contribution in [3.8, 4) is 0 Å². The molecule has 1 aromatic rings. The van der Waals surface area contributed by atoms with Gasteiger partial charge < -0.3 is 10.6 Å². The fourth-order valence-corrected chi connectivity index (χ4v) is 4.30. The van der Waals surface area contributed by atoms with Crippen LogP contribution >= 0.6 is 0 Å².